The van der Waals surface area contributed by atoms with Crippen molar-refractivity contribution in [2.75, 3.05) is 20.1 Å². The Hall–Kier alpha value is -0.590. The lowest BCUT2D eigenvalue weighted by Crippen LogP contribution is -2.52. The van der Waals surface area contributed by atoms with Crippen molar-refractivity contribution >= 4 is 0 Å². The maximum atomic E-state index is 9.46. The Bertz CT molecular complexity index is 276. The molecule has 1 rings (SSSR count). The molecule has 0 aromatic carbocycles. The van der Waals surface area contributed by atoms with Gasteiger partial charge in [0.15, 0.2) is 0 Å². The van der Waals surface area contributed by atoms with E-state index in [0.717, 1.165) is 12.8 Å². The molecule has 110 valence electrons. The van der Waals surface area contributed by atoms with Crippen molar-refractivity contribution in [1.29, 1.82) is 5.26 Å². The average molecular weight is 265 g/mol. The van der Waals surface area contributed by atoms with Gasteiger partial charge in [-0.25, -0.2) is 0 Å². The number of hydrogen-bond acceptors (Lipinski definition) is 3. The third-order valence-corrected chi connectivity index (χ3v) is 4.53. The van der Waals surface area contributed by atoms with Gasteiger partial charge in [0, 0.05) is 6.04 Å². The van der Waals surface area contributed by atoms with E-state index >= 15 is 0 Å². The molecule has 0 bridgehead atoms. The molecular formula is C16H31N3. The third kappa shape index (κ3) is 4.78. The predicted octanol–water partition coefficient (Wildman–Crippen LogP) is 3.31. The van der Waals surface area contributed by atoms with E-state index < -0.39 is 0 Å². The van der Waals surface area contributed by atoms with Crippen LogP contribution in [-0.4, -0.2) is 36.6 Å². The van der Waals surface area contributed by atoms with Gasteiger partial charge in [-0.15, -0.1) is 0 Å². The Kier molecular flexibility index (Phi) is 7.41. The summed E-state index contributed by atoms with van der Waals surface area (Å²) in [7, 11) is 1.94. The summed E-state index contributed by atoms with van der Waals surface area (Å²) in [5, 5.41) is 12.7. The first-order valence-electron chi connectivity index (χ1n) is 8.05. The highest BCUT2D eigenvalue weighted by atomic mass is 15.2. The lowest BCUT2D eigenvalue weighted by atomic mass is 9.79. The molecule has 0 saturated heterocycles. The summed E-state index contributed by atoms with van der Waals surface area (Å²) < 4.78 is 0. The Morgan fingerprint density at radius 1 is 1.26 bits per heavy atom. The molecule has 1 fully saturated rings. The van der Waals surface area contributed by atoms with E-state index in [1.54, 1.807) is 0 Å². The van der Waals surface area contributed by atoms with Crippen LogP contribution in [0.25, 0.3) is 0 Å². The first-order chi connectivity index (χ1) is 9.21. The van der Waals surface area contributed by atoms with Crippen LogP contribution < -0.4 is 5.32 Å². The van der Waals surface area contributed by atoms with Crippen LogP contribution >= 0.6 is 0 Å². The van der Waals surface area contributed by atoms with Crippen LogP contribution in [-0.2, 0) is 0 Å². The zero-order valence-corrected chi connectivity index (χ0v) is 13.0. The van der Waals surface area contributed by atoms with Crippen LogP contribution in [0.1, 0.15) is 65.2 Å². The fraction of sp³-hybridized carbons (Fsp3) is 0.938. The van der Waals surface area contributed by atoms with Crippen LogP contribution in [0.4, 0.5) is 0 Å². The molecule has 0 aromatic heterocycles. The zero-order valence-electron chi connectivity index (χ0n) is 13.0. The summed E-state index contributed by atoms with van der Waals surface area (Å²) in [5.41, 5.74) is -0.278. The highest BCUT2D eigenvalue weighted by Crippen LogP contribution is 2.31. The van der Waals surface area contributed by atoms with Crippen LogP contribution in [0.3, 0.4) is 0 Å². The lowest BCUT2D eigenvalue weighted by Gasteiger charge is -2.41. The van der Waals surface area contributed by atoms with Crippen molar-refractivity contribution in [2.24, 2.45) is 0 Å². The summed E-state index contributed by atoms with van der Waals surface area (Å²) in [6.45, 7) is 6.91. The number of hydrogen-bond donors (Lipinski definition) is 1. The molecule has 0 spiro atoms. The van der Waals surface area contributed by atoms with Gasteiger partial charge in [0.25, 0.3) is 0 Å². The monoisotopic (exact) mass is 265 g/mol. The van der Waals surface area contributed by atoms with Crippen molar-refractivity contribution in [2.45, 2.75) is 76.8 Å². The SMILES string of the molecule is CCCCN(CCCC)C1CCCC(C#N)(NC)C1. The standard InChI is InChI=1S/C16H31N3/c1-4-6-11-19(12-7-5-2)15-9-8-10-16(13-15,14-17)18-3/h15,18H,4-13H2,1-3H3. The fourth-order valence-corrected chi connectivity index (χ4v) is 3.14. The van der Waals surface area contributed by atoms with Gasteiger partial charge in [-0.2, -0.15) is 5.26 Å². The highest BCUT2D eigenvalue weighted by Gasteiger charge is 2.37. The third-order valence-electron chi connectivity index (χ3n) is 4.53. The van der Waals surface area contributed by atoms with Crippen LogP contribution in [0.2, 0.25) is 0 Å². The summed E-state index contributed by atoms with van der Waals surface area (Å²) in [6.07, 6.45) is 9.50. The molecule has 2 atom stereocenters. The number of nitrogens with zero attached hydrogens (tertiary/aromatic N) is 2. The molecule has 0 heterocycles. The number of nitriles is 1. The van der Waals surface area contributed by atoms with E-state index in [1.807, 2.05) is 7.05 Å². The summed E-state index contributed by atoms with van der Waals surface area (Å²) in [5.74, 6) is 0. The molecule has 2 unspecified atom stereocenters. The smallest absolute Gasteiger partial charge is 0.108 e. The van der Waals surface area contributed by atoms with Crippen molar-refractivity contribution in [3.63, 3.8) is 0 Å². The Labute approximate surface area is 119 Å². The molecule has 0 aliphatic heterocycles. The summed E-state index contributed by atoms with van der Waals surface area (Å²) in [6, 6.07) is 3.12. The molecule has 1 aliphatic rings. The molecule has 1 aliphatic carbocycles. The minimum atomic E-state index is -0.278. The van der Waals surface area contributed by atoms with Crippen LogP contribution in [0, 0.1) is 11.3 Å². The first kappa shape index (κ1) is 16.5. The molecule has 0 radical (unpaired) electrons. The minimum absolute atomic E-state index is 0.278. The second-order valence-electron chi connectivity index (χ2n) is 5.94. The Morgan fingerprint density at radius 2 is 1.89 bits per heavy atom. The van der Waals surface area contributed by atoms with E-state index in [4.69, 9.17) is 0 Å². The zero-order chi connectivity index (χ0) is 14.1. The van der Waals surface area contributed by atoms with E-state index in [1.165, 1.54) is 51.6 Å². The topological polar surface area (TPSA) is 39.1 Å². The van der Waals surface area contributed by atoms with Crippen molar-refractivity contribution in [1.82, 2.24) is 10.2 Å². The second-order valence-corrected chi connectivity index (χ2v) is 5.94. The van der Waals surface area contributed by atoms with E-state index in [2.05, 4.69) is 30.1 Å². The number of rotatable bonds is 8. The van der Waals surface area contributed by atoms with Gasteiger partial charge in [-0.1, -0.05) is 26.7 Å². The fourth-order valence-electron chi connectivity index (χ4n) is 3.14. The molecule has 3 heteroatoms. The minimum Gasteiger partial charge on any atom is -0.302 e. The summed E-state index contributed by atoms with van der Waals surface area (Å²) >= 11 is 0. The average Bonchev–Trinajstić information content (AvgIpc) is 2.47. The number of unbranched alkanes of at least 4 members (excludes halogenated alkanes) is 2. The van der Waals surface area contributed by atoms with Crippen LogP contribution in [0.5, 0.6) is 0 Å². The van der Waals surface area contributed by atoms with Crippen molar-refractivity contribution < 1.29 is 0 Å². The first-order valence-corrected chi connectivity index (χ1v) is 8.05. The highest BCUT2D eigenvalue weighted by molar-refractivity contribution is 5.10. The maximum absolute atomic E-state index is 9.46. The van der Waals surface area contributed by atoms with Crippen molar-refractivity contribution in [3.05, 3.63) is 0 Å². The van der Waals surface area contributed by atoms with E-state index in [9.17, 15) is 5.26 Å². The molecule has 1 N–H and O–H groups in total. The molecule has 0 amide bonds. The molecular weight excluding hydrogens is 234 g/mol. The normalized spacial score (nSPS) is 27.4. The van der Waals surface area contributed by atoms with Gasteiger partial charge in [-0.3, -0.25) is 0 Å². The molecule has 3 nitrogen and oxygen atoms in total. The van der Waals surface area contributed by atoms with E-state index in [0.29, 0.717) is 6.04 Å². The Morgan fingerprint density at radius 3 is 2.37 bits per heavy atom. The lowest BCUT2D eigenvalue weighted by molar-refractivity contribution is 0.119. The second kappa shape index (κ2) is 8.55. The van der Waals surface area contributed by atoms with Gasteiger partial charge >= 0.3 is 0 Å². The molecule has 1 saturated carbocycles. The van der Waals surface area contributed by atoms with Gasteiger partial charge < -0.3 is 10.2 Å². The van der Waals surface area contributed by atoms with Gasteiger partial charge in [0.1, 0.15) is 5.54 Å². The predicted molar refractivity (Wildman–Crippen MR) is 81.0 cm³/mol. The van der Waals surface area contributed by atoms with E-state index in [-0.39, 0.29) is 5.54 Å². The largest absolute Gasteiger partial charge is 0.302 e. The van der Waals surface area contributed by atoms with Gasteiger partial charge in [0.2, 0.25) is 0 Å². The van der Waals surface area contributed by atoms with Gasteiger partial charge in [0.05, 0.1) is 6.07 Å². The number of nitrogens with one attached hydrogen (secondary N) is 1. The summed E-state index contributed by atoms with van der Waals surface area (Å²) in [4.78, 5) is 2.65. The van der Waals surface area contributed by atoms with Crippen molar-refractivity contribution in [3.8, 4) is 6.07 Å². The molecule has 0 aromatic rings. The Balaban J connectivity index is 2.63. The maximum Gasteiger partial charge on any atom is 0.108 e. The van der Waals surface area contributed by atoms with Crippen LogP contribution in [0.15, 0.2) is 0 Å². The molecule has 19 heavy (non-hydrogen) atoms. The van der Waals surface area contributed by atoms with Gasteiger partial charge in [-0.05, 0) is 58.7 Å². The quantitative estimate of drug-likeness (QED) is 0.732.